The van der Waals surface area contributed by atoms with Gasteiger partial charge in [-0.15, -0.1) is 0 Å². The number of carbonyl (C=O) groups excluding carboxylic acids is 1. The Morgan fingerprint density at radius 2 is 1.78 bits per heavy atom. The molecule has 37 heavy (non-hydrogen) atoms. The third-order valence-electron chi connectivity index (χ3n) is 5.21. The van der Waals surface area contributed by atoms with E-state index in [0.29, 0.717) is 10.6 Å². The monoisotopic (exact) mass is 551 g/mol. The molecule has 0 saturated carbocycles. The van der Waals surface area contributed by atoms with E-state index in [9.17, 15) is 22.8 Å². The zero-order valence-electron chi connectivity index (χ0n) is 19.3. The summed E-state index contributed by atoms with van der Waals surface area (Å²) in [6.45, 7) is 2.88. The summed E-state index contributed by atoms with van der Waals surface area (Å²) < 4.78 is 57.4. The van der Waals surface area contributed by atoms with Crippen molar-refractivity contribution in [3.8, 4) is 17.2 Å². The minimum atomic E-state index is -5.02. The number of carbonyl (C=O) groups is 1. The predicted molar refractivity (Wildman–Crippen MR) is 134 cm³/mol. The predicted octanol–water partition coefficient (Wildman–Crippen LogP) is 7.55. The number of benzene rings is 3. The first-order valence-electron chi connectivity index (χ1n) is 10.7. The van der Waals surface area contributed by atoms with Crippen LogP contribution in [0.2, 0.25) is 10.0 Å². The summed E-state index contributed by atoms with van der Waals surface area (Å²) in [6, 6.07) is 13.1. The van der Waals surface area contributed by atoms with Gasteiger partial charge in [0.1, 0.15) is 17.1 Å². The number of aryl methyl sites for hydroxylation is 2. The number of halogens is 5. The summed E-state index contributed by atoms with van der Waals surface area (Å²) in [5.74, 6) is -3.06. The van der Waals surface area contributed by atoms with Gasteiger partial charge in [0.2, 0.25) is 11.2 Å². The number of hydrogen-bond acceptors (Lipinski definition) is 5. The van der Waals surface area contributed by atoms with E-state index < -0.39 is 35.6 Å². The van der Waals surface area contributed by atoms with Crippen molar-refractivity contribution in [1.29, 1.82) is 0 Å². The number of alkyl halides is 3. The van der Waals surface area contributed by atoms with Crippen molar-refractivity contribution in [2.45, 2.75) is 20.0 Å². The first kappa shape index (κ1) is 26.4. The summed E-state index contributed by atoms with van der Waals surface area (Å²) in [4.78, 5) is 25.3. The fourth-order valence-corrected chi connectivity index (χ4v) is 3.72. The van der Waals surface area contributed by atoms with Crippen molar-refractivity contribution < 1.29 is 31.9 Å². The lowest BCUT2D eigenvalue weighted by atomic mass is 10.1. The molecule has 0 bridgehead atoms. The molecule has 0 fully saturated rings. The molecule has 1 amide bonds. The standard InChI is InChI=1S/C26H18Cl2F3NO5/c1-13-3-4-14(2)20(9-13)36-24-23(34)17-7-6-16(11-21(17)37-25(24)26(29,30)31)35-12-22(33)32-19-10-15(27)5-8-18(19)28/h3-11H,12H2,1-2H3,(H,32,33). The summed E-state index contributed by atoms with van der Waals surface area (Å²) in [5.41, 5.74) is 0.149. The van der Waals surface area contributed by atoms with Crippen molar-refractivity contribution in [2.75, 3.05) is 11.9 Å². The quantitative estimate of drug-likeness (QED) is 0.267. The van der Waals surface area contributed by atoms with Crippen LogP contribution in [-0.2, 0) is 11.0 Å². The number of hydrogen-bond donors (Lipinski definition) is 1. The van der Waals surface area contributed by atoms with Crippen LogP contribution in [0.15, 0.2) is 63.8 Å². The van der Waals surface area contributed by atoms with Crippen LogP contribution in [0, 0.1) is 13.8 Å². The topological polar surface area (TPSA) is 77.8 Å². The molecule has 192 valence electrons. The van der Waals surface area contributed by atoms with Gasteiger partial charge in [0, 0.05) is 11.1 Å². The zero-order valence-corrected chi connectivity index (χ0v) is 20.8. The van der Waals surface area contributed by atoms with E-state index in [1.54, 1.807) is 32.0 Å². The highest BCUT2D eigenvalue weighted by atomic mass is 35.5. The van der Waals surface area contributed by atoms with E-state index in [1.807, 2.05) is 0 Å². The van der Waals surface area contributed by atoms with Gasteiger partial charge in [0.15, 0.2) is 6.61 Å². The molecule has 11 heteroatoms. The minimum absolute atomic E-state index is 0.000637. The molecule has 0 spiro atoms. The number of rotatable bonds is 6. The molecule has 0 aliphatic heterocycles. The molecule has 1 aromatic heterocycles. The first-order chi connectivity index (χ1) is 17.4. The first-order valence-corrected chi connectivity index (χ1v) is 11.5. The number of nitrogens with one attached hydrogen (secondary N) is 1. The van der Waals surface area contributed by atoms with Crippen LogP contribution < -0.4 is 20.2 Å². The smallest absolute Gasteiger partial charge is 0.453 e. The lowest BCUT2D eigenvalue weighted by Gasteiger charge is -2.15. The van der Waals surface area contributed by atoms with Crippen LogP contribution in [0.25, 0.3) is 11.0 Å². The molecule has 0 saturated heterocycles. The highest BCUT2D eigenvalue weighted by Gasteiger charge is 2.40. The number of fused-ring (bicyclic) bond motifs is 1. The fourth-order valence-electron chi connectivity index (χ4n) is 3.38. The highest BCUT2D eigenvalue weighted by molar-refractivity contribution is 6.35. The lowest BCUT2D eigenvalue weighted by Crippen LogP contribution is -2.20. The molecule has 3 aromatic carbocycles. The normalized spacial score (nSPS) is 11.4. The minimum Gasteiger partial charge on any atom is -0.484 e. The summed E-state index contributed by atoms with van der Waals surface area (Å²) in [5, 5.41) is 2.97. The van der Waals surface area contributed by atoms with Crippen molar-refractivity contribution in [3.63, 3.8) is 0 Å². The number of anilines is 1. The van der Waals surface area contributed by atoms with Crippen LogP contribution >= 0.6 is 23.2 Å². The maximum Gasteiger partial charge on any atom is 0.453 e. The van der Waals surface area contributed by atoms with Crippen LogP contribution in [0.1, 0.15) is 16.9 Å². The van der Waals surface area contributed by atoms with E-state index >= 15 is 0 Å². The molecule has 1 heterocycles. The van der Waals surface area contributed by atoms with Gasteiger partial charge in [-0.05, 0) is 61.4 Å². The van der Waals surface area contributed by atoms with Gasteiger partial charge in [-0.1, -0.05) is 35.3 Å². The van der Waals surface area contributed by atoms with Gasteiger partial charge >= 0.3 is 6.18 Å². The number of amides is 1. The van der Waals surface area contributed by atoms with E-state index in [4.69, 9.17) is 37.1 Å². The molecule has 4 aromatic rings. The van der Waals surface area contributed by atoms with Crippen LogP contribution in [0.5, 0.6) is 17.2 Å². The Balaban J connectivity index is 1.63. The van der Waals surface area contributed by atoms with Gasteiger partial charge < -0.3 is 19.2 Å². The fraction of sp³-hybridized carbons (Fsp3) is 0.154. The Labute approximate surface area is 218 Å². The van der Waals surface area contributed by atoms with Gasteiger partial charge in [0.05, 0.1) is 16.1 Å². The van der Waals surface area contributed by atoms with E-state index in [-0.39, 0.29) is 33.2 Å². The molecular formula is C26H18Cl2F3NO5. The summed E-state index contributed by atoms with van der Waals surface area (Å²) in [7, 11) is 0. The van der Waals surface area contributed by atoms with E-state index in [1.165, 1.54) is 30.3 Å². The maximum absolute atomic E-state index is 13.8. The Bertz CT molecular complexity index is 1570. The second-order valence-electron chi connectivity index (χ2n) is 8.08. The Kier molecular flexibility index (Phi) is 7.38. The Morgan fingerprint density at radius 3 is 2.51 bits per heavy atom. The SMILES string of the molecule is Cc1ccc(C)c(Oc2c(C(F)(F)F)oc3cc(OCC(=O)Nc4cc(Cl)ccc4Cl)ccc3c2=O)c1. The second-order valence-corrected chi connectivity index (χ2v) is 8.92. The molecule has 1 N–H and O–H groups in total. The molecule has 0 aliphatic rings. The van der Waals surface area contributed by atoms with Crippen molar-refractivity contribution >= 4 is 45.8 Å². The Morgan fingerprint density at radius 1 is 1.03 bits per heavy atom. The maximum atomic E-state index is 13.8. The van der Waals surface area contributed by atoms with E-state index in [2.05, 4.69) is 5.32 Å². The molecule has 4 rings (SSSR count). The average molecular weight is 552 g/mol. The van der Waals surface area contributed by atoms with Gasteiger partial charge in [-0.2, -0.15) is 13.2 Å². The second kappa shape index (κ2) is 10.4. The van der Waals surface area contributed by atoms with Crippen LogP contribution in [0.3, 0.4) is 0 Å². The lowest BCUT2D eigenvalue weighted by molar-refractivity contribution is -0.154. The zero-order chi connectivity index (χ0) is 26.9. The highest BCUT2D eigenvalue weighted by Crippen LogP contribution is 2.39. The van der Waals surface area contributed by atoms with E-state index in [0.717, 1.165) is 11.6 Å². The average Bonchev–Trinajstić information content (AvgIpc) is 2.83. The third-order valence-corrected chi connectivity index (χ3v) is 5.77. The molecular weight excluding hydrogens is 534 g/mol. The largest absolute Gasteiger partial charge is 0.484 e. The molecule has 0 atom stereocenters. The van der Waals surface area contributed by atoms with Crippen molar-refractivity contribution in [3.05, 3.63) is 91.8 Å². The van der Waals surface area contributed by atoms with Gasteiger partial charge in [-0.25, -0.2) is 0 Å². The molecule has 6 nitrogen and oxygen atoms in total. The Hall–Kier alpha value is -3.69. The molecule has 0 radical (unpaired) electrons. The third kappa shape index (κ3) is 6.00. The van der Waals surface area contributed by atoms with Crippen molar-refractivity contribution in [1.82, 2.24) is 0 Å². The summed E-state index contributed by atoms with van der Waals surface area (Å²) in [6.07, 6.45) is -5.02. The van der Waals surface area contributed by atoms with Crippen molar-refractivity contribution in [2.24, 2.45) is 0 Å². The van der Waals surface area contributed by atoms with Gasteiger partial charge in [0.25, 0.3) is 11.7 Å². The molecule has 0 unspecified atom stereocenters. The summed E-state index contributed by atoms with van der Waals surface area (Å²) >= 11 is 11.9. The van der Waals surface area contributed by atoms with Gasteiger partial charge in [-0.3, -0.25) is 9.59 Å². The van der Waals surface area contributed by atoms with Crippen LogP contribution in [-0.4, -0.2) is 12.5 Å². The number of ether oxygens (including phenoxy) is 2. The van der Waals surface area contributed by atoms with Crippen LogP contribution in [0.4, 0.5) is 18.9 Å². The molecule has 0 aliphatic carbocycles.